The predicted octanol–water partition coefficient (Wildman–Crippen LogP) is 1.32. The van der Waals surface area contributed by atoms with Crippen molar-refractivity contribution in [2.45, 2.75) is 13.8 Å². The summed E-state index contributed by atoms with van der Waals surface area (Å²) in [6, 6.07) is 2.02. The number of urea groups is 1. The normalized spacial score (nSPS) is 17.3. The van der Waals surface area contributed by atoms with Crippen LogP contribution in [0.4, 0.5) is 16.4 Å². The second-order valence-electron chi connectivity index (χ2n) is 7.55. The van der Waals surface area contributed by atoms with Crippen molar-refractivity contribution in [3.05, 3.63) is 41.5 Å². The molecule has 2 aromatic rings. The van der Waals surface area contributed by atoms with E-state index in [0.29, 0.717) is 37.7 Å². The first kappa shape index (κ1) is 19.1. The zero-order valence-corrected chi connectivity index (χ0v) is 17.0. The minimum Gasteiger partial charge on any atom is -0.353 e. The summed E-state index contributed by atoms with van der Waals surface area (Å²) in [5.74, 6) is 1.32. The van der Waals surface area contributed by atoms with Crippen molar-refractivity contribution in [1.82, 2.24) is 24.8 Å². The van der Waals surface area contributed by atoms with E-state index in [9.17, 15) is 9.59 Å². The minimum absolute atomic E-state index is 0.102. The molecule has 0 unspecified atom stereocenters. The smallest absolute Gasteiger partial charge is 0.325 e. The molecule has 9 nitrogen and oxygen atoms in total. The quantitative estimate of drug-likeness (QED) is 0.779. The third-order valence-electron chi connectivity index (χ3n) is 5.40. The van der Waals surface area contributed by atoms with Gasteiger partial charge in [-0.15, -0.1) is 0 Å². The number of anilines is 2. The number of amides is 3. The third kappa shape index (κ3) is 3.72. The van der Waals surface area contributed by atoms with E-state index in [4.69, 9.17) is 0 Å². The Kier molecular flexibility index (Phi) is 5.04. The summed E-state index contributed by atoms with van der Waals surface area (Å²) in [7, 11) is 1.75. The van der Waals surface area contributed by atoms with Crippen LogP contribution in [0.1, 0.15) is 21.6 Å². The molecule has 4 heterocycles. The summed E-state index contributed by atoms with van der Waals surface area (Å²) < 4.78 is 0. The van der Waals surface area contributed by atoms with Gasteiger partial charge in [0.15, 0.2) is 5.82 Å². The Labute approximate surface area is 170 Å². The molecular formula is C20H25N7O2. The molecule has 0 spiro atoms. The maximum atomic E-state index is 12.8. The van der Waals surface area contributed by atoms with Crippen LogP contribution in [0, 0.1) is 13.8 Å². The molecule has 2 saturated heterocycles. The highest BCUT2D eigenvalue weighted by molar-refractivity contribution is 5.94. The second kappa shape index (κ2) is 7.65. The molecule has 0 N–H and O–H groups in total. The lowest BCUT2D eigenvalue weighted by Gasteiger charge is -2.35. The van der Waals surface area contributed by atoms with E-state index in [1.165, 1.54) is 12.4 Å². The summed E-state index contributed by atoms with van der Waals surface area (Å²) in [6.07, 6.45) is 4.83. The molecule has 29 heavy (non-hydrogen) atoms. The number of rotatable bonds is 3. The summed E-state index contributed by atoms with van der Waals surface area (Å²) in [5.41, 5.74) is 2.59. The molecule has 152 valence electrons. The molecule has 2 aliphatic heterocycles. The lowest BCUT2D eigenvalue weighted by molar-refractivity contribution is 0.0740. The van der Waals surface area contributed by atoms with Gasteiger partial charge in [-0.3, -0.25) is 9.69 Å². The van der Waals surface area contributed by atoms with Gasteiger partial charge in [0.05, 0.1) is 12.4 Å². The van der Waals surface area contributed by atoms with Gasteiger partial charge in [-0.05, 0) is 25.0 Å². The van der Waals surface area contributed by atoms with Crippen molar-refractivity contribution in [3.63, 3.8) is 0 Å². The average Bonchev–Trinajstić information content (AvgIpc) is 3.06. The summed E-state index contributed by atoms with van der Waals surface area (Å²) in [6.45, 7) is 7.98. The zero-order valence-electron chi connectivity index (χ0n) is 17.0. The number of nitrogens with zero attached hydrogens (tertiary/aromatic N) is 7. The Morgan fingerprint density at radius 2 is 1.69 bits per heavy atom. The lowest BCUT2D eigenvalue weighted by atomic mass is 10.2. The van der Waals surface area contributed by atoms with Gasteiger partial charge in [0.25, 0.3) is 5.91 Å². The Morgan fingerprint density at radius 3 is 2.28 bits per heavy atom. The first-order valence-corrected chi connectivity index (χ1v) is 9.76. The molecule has 2 fully saturated rings. The van der Waals surface area contributed by atoms with E-state index >= 15 is 0 Å². The maximum absolute atomic E-state index is 12.8. The van der Waals surface area contributed by atoms with Crippen molar-refractivity contribution in [2.75, 3.05) is 56.1 Å². The first-order chi connectivity index (χ1) is 13.9. The van der Waals surface area contributed by atoms with Crippen molar-refractivity contribution in [2.24, 2.45) is 0 Å². The van der Waals surface area contributed by atoms with Gasteiger partial charge < -0.3 is 14.7 Å². The summed E-state index contributed by atoms with van der Waals surface area (Å²) in [5, 5.41) is 0. The van der Waals surface area contributed by atoms with Crippen LogP contribution in [0.5, 0.6) is 0 Å². The molecular weight excluding hydrogens is 370 g/mol. The fourth-order valence-corrected chi connectivity index (χ4v) is 3.75. The fraction of sp³-hybridized carbons (Fsp3) is 0.450. The van der Waals surface area contributed by atoms with Gasteiger partial charge in [0.2, 0.25) is 0 Å². The monoisotopic (exact) mass is 395 g/mol. The number of hydrogen-bond acceptors (Lipinski definition) is 6. The Balaban J connectivity index is 1.39. The topological polar surface area (TPSA) is 85.8 Å². The van der Waals surface area contributed by atoms with Gasteiger partial charge in [-0.25, -0.2) is 19.7 Å². The number of carbonyl (C=O) groups is 2. The molecule has 0 radical (unpaired) electrons. The van der Waals surface area contributed by atoms with Gasteiger partial charge >= 0.3 is 6.03 Å². The molecule has 9 heteroatoms. The first-order valence-electron chi connectivity index (χ1n) is 9.76. The van der Waals surface area contributed by atoms with Crippen molar-refractivity contribution in [3.8, 4) is 0 Å². The number of pyridine rings is 1. The standard InChI is InChI=1S/C20H25N7O2/c1-14-10-15(2)18(23-11-14)25-5-7-26(8-6-25)19(28)16-12-22-17(13-21-16)27-9-4-24(3)20(27)29/h10-13H,4-9H2,1-3H3. The molecule has 0 aliphatic carbocycles. The molecule has 2 aromatic heterocycles. The molecule has 0 aromatic carbocycles. The van der Waals surface area contributed by atoms with Crippen molar-refractivity contribution >= 4 is 23.6 Å². The van der Waals surface area contributed by atoms with E-state index < -0.39 is 0 Å². The van der Waals surface area contributed by atoms with E-state index in [1.54, 1.807) is 21.7 Å². The van der Waals surface area contributed by atoms with Crippen molar-refractivity contribution < 1.29 is 9.59 Å². The number of piperazine rings is 1. The Bertz CT molecular complexity index is 923. The van der Waals surface area contributed by atoms with Gasteiger partial charge in [0, 0.05) is 52.5 Å². The molecule has 4 rings (SSSR count). The largest absolute Gasteiger partial charge is 0.353 e. The number of aromatic nitrogens is 3. The molecule has 0 saturated carbocycles. The van der Waals surface area contributed by atoms with Crippen molar-refractivity contribution in [1.29, 1.82) is 0 Å². The number of likely N-dealkylation sites (N-methyl/N-ethyl adjacent to an activating group) is 1. The Morgan fingerprint density at radius 1 is 0.931 bits per heavy atom. The molecule has 2 aliphatic rings. The van der Waals surface area contributed by atoms with Crippen LogP contribution in [0.25, 0.3) is 0 Å². The van der Waals surface area contributed by atoms with Crippen LogP contribution in [-0.4, -0.2) is 83.0 Å². The number of carbonyl (C=O) groups excluding carboxylic acids is 2. The van der Waals surface area contributed by atoms with Crippen LogP contribution in [-0.2, 0) is 0 Å². The molecule has 3 amide bonds. The number of aryl methyl sites for hydroxylation is 2. The van der Waals surface area contributed by atoms with Gasteiger partial charge in [0.1, 0.15) is 11.5 Å². The summed E-state index contributed by atoms with van der Waals surface area (Å²) in [4.78, 5) is 45.2. The SMILES string of the molecule is Cc1cnc(N2CCN(C(=O)c3cnc(N4CCN(C)C4=O)cn3)CC2)c(C)c1. The van der Waals surface area contributed by atoms with Gasteiger partial charge in [-0.2, -0.15) is 0 Å². The zero-order chi connectivity index (χ0) is 20.5. The molecule has 0 bridgehead atoms. The van der Waals surface area contributed by atoms with Crippen LogP contribution in [0.15, 0.2) is 24.7 Å². The summed E-state index contributed by atoms with van der Waals surface area (Å²) >= 11 is 0. The van der Waals surface area contributed by atoms with E-state index in [2.05, 4.69) is 32.8 Å². The number of hydrogen-bond donors (Lipinski definition) is 0. The highest BCUT2D eigenvalue weighted by atomic mass is 16.2. The average molecular weight is 395 g/mol. The van der Waals surface area contributed by atoms with E-state index in [1.807, 2.05) is 13.1 Å². The Hall–Kier alpha value is -3.23. The predicted molar refractivity (Wildman–Crippen MR) is 109 cm³/mol. The van der Waals surface area contributed by atoms with E-state index in [0.717, 1.165) is 30.0 Å². The maximum Gasteiger partial charge on any atom is 0.325 e. The minimum atomic E-state index is -0.137. The van der Waals surface area contributed by atoms with Crippen LogP contribution >= 0.6 is 0 Å². The fourth-order valence-electron chi connectivity index (χ4n) is 3.75. The van der Waals surface area contributed by atoms with Crippen LogP contribution in [0.3, 0.4) is 0 Å². The van der Waals surface area contributed by atoms with E-state index in [-0.39, 0.29) is 11.9 Å². The molecule has 0 atom stereocenters. The highest BCUT2D eigenvalue weighted by Crippen LogP contribution is 2.20. The third-order valence-corrected chi connectivity index (χ3v) is 5.40. The van der Waals surface area contributed by atoms with Crippen LogP contribution in [0.2, 0.25) is 0 Å². The second-order valence-corrected chi connectivity index (χ2v) is 7.55. The highest BCUT2D eigenvalue weighted by Gasteiger charge is 2.29. The van der Waals surface area contributed by atoms with Crippen LogP contribution < -0.4 is 9.80 Å². The van der Waals surface area contributed by atoms with Gasteiger partial charge in [-0.1, -0.05) is 6.07 Å². The lowest BCUT2D eigenvalue weighted by Crippen LogP contribution is -2.49.